The molecule has 0 rings (SSSR count). The van der Waals surface area contributed by atoms with Crippen molar-refractivity contribution in [2.75, 3.05) is 58.1 Å². The van der Waals surface area contributed by atoms with Gasteiger partial charge in [0.2, 0.25) is 0 Å². The van der Waals surface area contributed by atoms with Gasteiger partial charge < -0.3 is 21.3 Å². The lowest BCUT2D eigenvalue weighted by molar-refractivity contribution is 0.480. The van der Waals surface area contributed by atoms with E-state index in [2.05, 4.69) is 28.2 Å². The van der Waals surface area contributed by atoms with E-state index in [1.165, 1.54) is 103 Å². The Balaban J connectivity index is 3.04. The zero-order chi connectivity index (χ0) is 25.0. The van der Waals surface area contributed by atoms with Gasteiger partial charge in [0.25, 0.3) is 10.1 Å². The Kier molecular flexibility index (Phi) is 27.1. The van der Waals surface area contributed by atoms with Crippen molar-refractivity contribution in [1.82, 2.24) is 21.3 Å². The number of nitrogens with one attached hydrogen (secondary N) is 4. The van der Waals surface area contributed by atoms with Crippen LogP contribution in [0.25, 0.3) is 0 Å². The van der Waals surface area contributed by atoms with Crippen LogP contribution >= 0.6 is 0 Å². The van der Waals surface area contributed by atoms with Crippen molar-refractivity contribution in [2.24, 2.45) is 0 Å². The highest BCUT2D eigenvalue weighted by Crippen LogP contribution is 2.13. The Morgan fingerprint density at radius 1 is 0.441 bits per heavy atom. The zero-order valence-electron chi connectivity index (χ0n) is 22.3. The Hall–Kier alpha value is -0.250. The van der Waals surface area contributed by atoms with Crippen LogP contribution in [0.3, 0.4) is 0 Å². The van der Waals surface area contributed by atoms with Crippen LogP contribution in [0.5, 0.6) is 0 Å². The summed E-state index contributed by atoms with van der Waals surface area (Å²) in [7, 11) is -3.85. The standard InChI is InChI=1S/C26H58N4O3S/c1-2-3-4-5-6-7-8-9-10-11-12-13-14-15-16-17-18-27-19-20-28-21-22-29-23-24-30-25-26-34(31,32)33/h27-30H,2-26H2,1H3,(H,31,32,33). The van der Waals surface area contributed by atoms with Crippen molar-refractivity contribution >= 4 is 10.1 Å². The van der Waals surface area contributed by atoms with Gasteiger partial charge in [0.15, 0.2) is 0 Å². The average Bonchev–Trinajstić information content (AvgIpc) is 2.80. The first kappa shape index (κ1) is 33.8. The molecule has 0 atom stereocenters. The van der Waals surface area contributed by atoms with Gasteiger partial charge in [0.05, 0.1) is 5.75 Å². The van der Waals surface area contributed by atoms with Crippen molar-refractivity contribution in [3.8, 4) is 0 Å². The van der Waals surface area contributed by atoms with Gasteiger partial charge in [-0.15, -0.1) is 0 Å². The predicted molar refractivity (Wildman–Crippen MR) is 147 cm³/mol. The molecule has 0 spiro atoms. The lowest BCUT2D eigenvalue weighted by Crippen LogP contribution is -2.36. The minimum Gasteiger partial charge on any atom is -0.315 e. The van der Waals surface area contributed by atoms with Crippen molar-refractivity contribution in [2.45, 2.75) is 110 Å². The van der Waals surface area contributed by atoms with E-state index in [1.807, 2.05) is 0 Å². The van der Waals surface area contributed by atoms with E-state index in [0.29, 0.717) is 6.54 Å². The molecule has 0 amide bonds. The predicted octanol–water partition coefficient (Wildman–Crippen LogP) is 4.49. The van der Waals surface area contributed by atoms with Crippen molar-refractivity contribution in [3.05, 3.63) is 0 Å². The summed E-state index contributed by atoms with van der Waals surface area (Å²) in [6, 6.07) is 0. The second-order valence-electron chi connectivity index (χ2n) is 9.59. The molecule has 0 aromatic heterocycles. The first-order valence-electron chi connectivity index (χ1n) is 14.3. The molecule has 0 aromatic rings. The minimum absolute atomic E-state index is 0.235. The molecule has 0 aromatic carbocycles. The minimum atomic E-state index is -3.85. The summed E-state index contributed by atoms with van der Waals surface area (Å²) < 4.78 is 29.7. The van der Waals surface area contributed by atoms with Gasteiger partial charge in [-0.05, 0) is 13.0 Å². The zero-order valence-corrected chi connectivity index (χ0v) is 23.2. The van der Waals surface area contributed by atoms with E-state index in [-0.39, 0.29) is 12.3 Å². The molecule has 0 aliphatic carbocycles. The van der Waals surface area contributed by atoms with E-state index in [0.717, 1.165) is 39.3 Å². The van der Waals surface area contributed by atoms with E-state index >= 15 is 0 Å². The normalized spacial score (nSPS) is 11.9. The SMILES string of the molecule is CCCCCCCCCCCCCCCCCCNCCNCCNCCNCCS(=O)(=O)O. The van der Waals surface area contributed by atoms with Crippen molar-refractivity contribution in [3.63, 3.8) is 0 Å². The van der Waals surface area contributed by atoms with Crippen molar-refractivity contribution in [1.29, 1.82) is 0 Å². The topological polar surface area (TPSA) is 102 Å². The highest BCUT2D eigenvalue weighted by molar-refractivity contribution is 7.85. The fraction of sp³-hybridized carbons (Fsp3) is 1.00. The Labute approximate surface area is 212 Å². The first-order chi connectivity index (χ1) is 16.6. The van der Waals surface area contributed by atoms with Gasteiger partial charge in [0, 0.05) is 45.8 Å². The van der Waals surface area contributed by atoms with Gasteiger partial charge in [-0.2, -0.15) is 8.42 Å². The average molecular weight is 507 g/mol. The van der Waals surface area contributed by atoms with Gasteiger partial charge in [-0.25, -0.2) is 0 Å². The van der Waals surface area contributed by atoms with Gasteiger partial charge in [-0.1, -0.05) is 103 Å². The van der Waals surface area contributed by atoms with E-state index in [1.54, 1.807) is 0 Å². The smallest absolute Gasteiger partial charge is 0.266 e. The highest BCUT2D eigenvalue weighted by Gasteiger charge is 2.02. The van der Waals surface area contributed by atoms with Crippen LogP contribution in [-0.2, 0) is 10.1 Å². The van der Waals surface area contributed by atoms with E-state index in [4.69, 9.17) is 4.55 Å². The van der Waals surface area contributed by atoms with Gasteiger partial charge >= 0.3 is 0 Å². The van der Waals surface area contributed by atoms with Crippen LogP contribution in [-0.4, -0.2) is 71.1 Å². The monoisotopic (exact) mass is 506 g/mol. The maximum absolute atomic E-state index is 10.6. The summed E-state index contributed by atoms with van der Waals surface area (Å²) in [6.45, 7) is 8.96. The molecular weight excluding hydrogens is 448 g/mol. The van der Waals surface area contributed by atoms with Crippen LogP contribution in [0, 0.1) is 0 Å². The highest BCUT2D eigenvalue weighted by atomic mass is 32.2. The molecule has 0 fully saturated rings. The van der Waals surface area contributed by atoms with Crippen LogP contribution in [0.4, 0.5) is 0 Å². The number of hydrogen-bond acceptors (Lipinski definition) is 6. The number of rotatable bonds is 29. The second kappa shape index (κ2) is 27.3. The summed E-state index contributed by atoms with van der Waals surface area (Å²) in [5.74, 6) is -0.235. The second-order valence-corrected chi connectivity index (χ2v) is 11.2. The molecule has 8 heteroatoms. The lowest BCUT2D eigenvalue weighted by atomic mass is 10.0. The molecule has 0 radical (unpaired) electrons. The number of unbranched alkanes of at least 4 members (excludes halogenated alkanes) is 15. The fourth-order valence-corrected chi connectivity index (χ4v) is 4.43. The molecule has 0 bridgehead atoms. The van der Waals surface area contributed by atoms with Crippen LogP contribution in [0.15, 0.2) is 0 Å². The third kappa shape index (κ3) is 31.8. The maximum atomic E-state index is 10.6. The van der Waals surface area contributed by atoms with Crippen LogP contribution < -0.4 is 21.3 Å². The summed E-state index contributed by atoms with van der Waals surface area (Å²) in [4.78, 5) is 0. The third-order valence-corrected chi connectivity index (χ3v) is 6.90. The number of hydrogen-bond donors (Lipinski definition) is 5. The molecule has 0 unspecified atom stereocenters. The summed E-state index contributed by atoms with van der Waals surface area (Å²) in [5, 5.41) is 13.2. The molecule has 0 aliphatic rings. The van der Waals surface area contributed by atoms with E-state index in [9.17, 15) is 8.42 Å². The fourth-order valence-electron chi connectivity index (χ4n) is 4.03. The molecule has 0 aliphatic heterocycles. The Morgan fingerprint density at radius 3 is 1.09 bits per heavy atom. The lowest BCUT2D eigenvalue weighted by Gasteiger charge is -2.08. The van der Waals surface area contributed by atoms with Gasteiger partial charge in [-0.3, -0.25) is 4.55 Å². The van der Waals surface area contributed by atoms with Crippen molar-refractivity contribution < 1.29 is 13.0 Å². The molecule has 7 nitrogen and oxygen atoms in total. The maximum Gasteiger partial charge on any atom is 0.266 e. The van der Waals surface area contributed by atoms with Crippen LogP contribution in [0.2, 0.25) is 0 Å². The first-order valence-corrected chi connectivity index (χ1v) is 15.9. The molecule has 34 heavy (non-hydrogen) atoms. The molecule has 206 valence electrons. The molecule has 0 saturated heterocycles. The van der Waals surface area contributed by atoms with Gasteiger partial charge in [0.1, 0.15) is 0 Å². The summed E-state index contributed by atoms with van der Waals surface area (Å²) in [5.41, 5.74) is 0. The quantitative estimate of drug-likeness (QED) is 0.0752. The third-order valence-electron chi connectivity index (χ3n) is 6.18. The largest absolute Gasteiger partial charge is 0.315 e. The van der Waals surface area contributed by atoms with Crippen LogP contribution in [0.1, 0.15) is 110 Å². The molecule has 0 heterocycles. The molecular formula is C26H58N4O3S. The molecule has 0 saturated carbocycles. The Morgan fingerprint density at radius 2 is 0.735 bits per heavy atom. The summed E-state index contributed by atoms with van der Waals surface area (Å²) in [6.07, 6.45) is 22.6. The molecule has 5 N–H and O–H groups in total. The Bertz CT molecular complexity index is 492. The summed E-state index contributed by atoms with van der Waals surface area (Å²) >= 11 is 0. The van der Waals surface area contributed by atoms with E-state index < -0.39 is 10.1 Å².